The van der Waals surface area contributed by atoms with Gasteiger partial charge in [-0.1, -0.05) is 79.6 Å². The minimum absolute atomic E-state index is 0.0141. The standard InChI is InChI=1S/C11H11N3O2S.C8H9NOS.C2H6/c1-16-7-9(15)12-11-14-13-10(17-11)8-5-3-2-4-6-8;1-11-9-8-4-2-3-7(5-8)6-10;1-2/h2-6H,7H2,1H3,(H,12,14,15);2-6,9H,1H3;1-2H3. The Hall–Kier alpha value is -2.75. The van der Waals surface area contributed by atoms with Crippen LogP contribution in [0.3, 0.4) is 0 Å². The molecule has 0 unspecified atom stereocenters. The number of aromatic nitrogens is 2. The van der Waals surface area contributed by atoms with Crippen LogP contribution in [0.1, 0.15) is 24.2 Å². The molecule has 30 heavy (non-hydrogen) atoms. The number of anilines is 2. The van der Waals surface area contributed by atoms with Gasteiger partial charge in [0.2, 0.25) is 5.13 Å². The molecule has 9 heteroatoms. The third kappa shape index (κ3) is 9.17. The Morgan fingerprint density at radius 1 is 1.13 bits per heavy atom. The van der Waals surface area contributed by atoms with E-state index in [4.69, 9.17) is 4.74 Å². The molecule has 3 aromatic rings. The fourth-order valence-electron chi connectivity index (χ4n) is 2.05. The summed E-state index contributed by atoms with van der Waals surface area (Å²) in [5.41, 5.74) is 2.64. The smallest absolute Gasteiger partial charge is 0.252 e. The number of nitrogens with one attached hydrogen (secondary N) is 2. The molecule has 0 fully saturated rings. The molecule has 7 nitrogen and oxygen atoms in total. The van der Waals surface area contributed by atoms with E-state index >= 15 is 0 Å². The van der Waals surface area contributed by atoms with Crippen molar-refractivity contribution in [1.29, 1.82) is 0 Å². The van der Waals surface area contributed by atoms with Gasteiger partial charge in [-0.3, -0.25) is 14.9 Å². The highest BCUT2D eigenvalue weighted by atomic mass is 32.2. The summed E-state index contributed by atoms with van der Waals surface area (Å²) in [6.07, 6.45) is 2.78. The molecule has 0 aliphatic rings. The zero-order valence-electron chi connectivity index (χ0n) is 17.4. The van der Waals surface area contributed by atoms with Crippen LogP contribution in [0.5, 0.6) is 0 Å². The van der Waals surface area contributed by atoms with E-state index in [1.54, 1.807) is 6.07 Å². The summed E-state index contributed by atoms with van der Waals surface area (Å²) >= 11 is 2.84. The van der Waals surface area contributed by atoms with Crippen molar-refractivity contribution in [2.45, 2.75) is 13.8 Å². The number of carbonyl (C=O) groups excluding carboxylic acids is 2. The summed E-state index contributed by atoms with van der Waals surface area (Å²) < 4.78 is 7.75. The summed E-state index contributed by atoms with van der Waals surface area (Å²) in [6.45, 7) is 4.01. The highest BCUT2D eigenvalue weighted by molar-refractivity contribution is 7.99. The quantitative estimate of drug-likeness (QED) is 0.389. The number of ether oxygens (including phenoxy) is 1. The summed E-state index contributed by atoms with van der Waals surface area (Å²) in [6, 6.07) is 17.0. The normalized spacial score (nSPS) is 9.33. The third-order valence-electron chi connectivity index (χ3n) is 3.21. The van der Waals surface area contributed by atoms with Gasteiger partial charge in [-0.25, -0.2) is 0 Å². The Balaban J connectivity index is 0.000000300. The Morgan fingerprint density at radius 3 is 2.50 bits per heavy atom. The molecular formula is C21H26N4O3S2. The van der Waals surface area contributed by atoms with Gasteiger partial charge in [0.25, 0.3) is 5.91 Å². The van der Waals surface area contributed by atoms with Crippen molar-refractivity contribution in [1.82, 2.24) is 10.2 Å². The highest BCUT2D eigenvalue weighted by Crippen LogP contribution is 2.25. The molecule has 0 atom stereocenters. The lowest BCUT2D eigenvalue weighted by Crippen LogP contribution is -2.16. The molecule has 2 aromatic carbocycles. The molecule has 0 radical (unpaired) electrons. The number of hydrogen-bond donors (Lipinski definition) is 2. The van der Waals surface area contributed by atoms with Crippen LogP contribution in [0.4, 0.5) is 10.8 Å². The van der Waals surface area contributed by atoms with Gasteiger partial charge in [0, 0.05) is 30.2 Å². The van der Waals surface area contributed by atoms with Gasteiger partial charge in [0.15, 0.2) is 0 Å². The maximum Gasteiger partial charge on any atom is 0.252 e. The van der Waals surface area contributed by atoms with Crippen LogP contribution in [-0.4, -0.2) is 42.4 Å². The topological polar surface area (TPSA) is 93.2 Å². The van der Waals surface area contributed by atoms with Crippen LogP contribution in [0, 0.1) is 0 Å². The molecule has 1 aromatic heterocycles. The summed E-state index contributed by atoms with van der Waals surface area (Å²) in [7, 11) is 1.47. The number of rotatable bonds is 7. The third-order valence-corrected chi connectivity index (χ3v) is 4.54. The van der Waals surface area contributed by atoms with Gasteiger partial charge >= 0.3 is 0 Å². The van der Waals surface area contributed by atoms with E-state index in [0.29, 0.717) is 10.7 Å². The molecule has 0 bridgehead atoms. The van der Waals surface area contributed by atoms with Gasteiger partial charge in [0.1, 0.15) is 17.9 Å². The zero-order chi connectivity index (χ0) is 22.2. The van der Waals surface area contributed by atoms with Crippen molar-refractivity contribution in [2.24, 2.45) is 0 Å². The van der Waals surface area contributed by atoms with E-state index in [1.165, 1.54) is 30.4 Å². The first-order valence-corrected chi connectivity index (χ1v) is 11.2. The minimum atomic E-state index is -0.233. The van der Waals surface area contributed by atoms with Gasteiger partial charge in [-0.2, -0.15) is 0 Å². The Morgan fingerprint density at radius 2 is 1.87 bits per heavy atom. The van der Waals surface area contributed by atoms with E-state index in [1.807, 2.05) is 68.6 Å². The van der Waals surface area contributed by atoms with Crippen molar-refractivity contribution in [3.63, 3.8) is 0 Å². The first kappa shape index (κ1) is 25.3. The van der Waals surface area contributed by atoms with Crippen molar-refractivity contribution in [3.05, 3.63) is 60.2 Å². The second-order valence-corrected chi connectivity index (χ2v) is 6.90. The lowest BCUT2D eigenvalue weighted by Gasteiger charge is -2.00. The number of nitrogens with zero attached hydrogens (tertiary/aromatic N) is 2. The number of amides is 1. The molecular weight excluding hydrogens is 420 g/mol. The fraction of sp³-hybridized carbons (Fsp3) is 0.238. The molecule has 0 saturated heterocycles. The van der Waals surface area contributed by atoms with Crippen molar-refractivity contribution < 1.29 is 14.3 Å². The van der Waals surface area contributed by atoms with Gasteiger partial charge in [0.05, 0.1) is 0 Å². The lowest BCUT2D eigenvalue weighted by molar-refractivity contribution is -0.119. The average molecular weight is 447 g/mol. The number of hydrogen-bond acceptors (Lipinski definition) is 8. The summed E-state index contributed by atoms with van der Waals surface area (Å²) in [4.78, 5) is 21.6. The Kier molecular flexibility index (Phi) is 12.8. The highest BCUT2D eigenvalue weighted by Gasteiger charge is 2.08. The van der Waals surface area contributed by atoms with Crippen LogP contribution >= 0.6 is 23.3 Å². The predicted molar refractivity (Wildman–Crippen MR) is 126 cm³/mol. The minimum Gasteiger partial charge on any atom is -0.375 e. The summed E-state index contributed by atoms with van der Waals surface area (Å²) in [5.74, 6) is -0.233. The van der Waals surface area contributed by atoms with E-state index < -0.39 is 0 Å². The zero-order valence-corrected chi connectivity index (χ0v) is 19.0. The molecule has 0 spiro atoms. The number of benzene rings is 2. The predicted octanol–water partition coefficient (Wildman–Crippen LogP) is 5.01. The number of carbonyl (C=O) groups is 2. The monoisotopic (exact) mass is 446 g/mol. The molecule has 1 heterocycles. The van der Waals surface area contributed by atoms with E-state index in [0.717, 1.165) is 22.5 Å². The first-order chi connectivity index (χ1) is 14.7. The van der Waals surface area contributed by atoms with Crippen LogP contribution in [-0.2, 0) is 9.53 Å². The average Bonchev–Trinajstić information content (AvgIpc) is 3.25. The van der Waals surface area contributed by atoms with Crippen LogP contribution in [0.2, 0.25) is 0 Å². The van der Waals surface area contributed by atoms with E-state index in [2.05, 4.69) is 20.2 Å². The Bertz CT molecular complexity index is 889. The van der Waals surface area contributed by atoms with E-state index in [9.17, 15) is 9.59 Å². The lowest BCUT2D eigenvalue weighted by atomic mass is 10.2. The Labute approximate surface area is 185 Å². The van der Waals surface area contributed by atoms with Crippen molar-refractivity contribution in [2.75, 3.05) is 30.0 Å². The van der Waals surface area contributed by atoms with Gasteiger partial charge in [-0.05, 0) is 12.1 Å². The van der Waals surface area contributed by atoms with Crippen LogP contribution in [0.25, 0.3) is 10.6 Å². The number of methoxy groups -OCH3 is 1. The maximum atomic E-state index is 11.3. The molecule has 0 saturated carbocycles. The number of aldehydes is 1. The van der Waals surface area contributed by atoms with Crippen molar-refractivity contribution in [3.8, 4) is 10.6 Å². The largest absolute Gasteiger partial charge is 0.375 e. The van der Waals surface area contributed by atoms with E-state index in [-0.39, 0.29) is 12.5 Å². The second-order valence-electron chi connectivity index (χ2n) is 5.31. The molecule has 1 amide bonds. The SMILES string of the molecule is CC.COCC(=O)Nc1nnc(-c2ccccc2)s1.CSNc1cccc(C=O)c1. The fourth-order valence-corrected chi connectivity index (χ4v) is 3.18. The molecule has 2 N–H and O–H groups in total. The van der Waals surface area contributed by atoms with Crippen LogP contribution < -0.4 is 10.0 Å². The van der Waals surface area contributed by atoms with Crippen LogP contribution in [0.15, 0.2) is 54.6 Å². The molecule has 0 aliphatic heterocycles. The second kappa shape index (κ2) is 15.1. The first-order valence-electron chi connectivity index (χ1n) is 9.18. The molecule has 0 aliphatic carbocycles. The van der Waals surface area contributed by atoms with Gasteiger partial charge < -0.3 is 9.46 Å². The molecule has 160 valence electrons. The van der Waals surface area contributed by atoms with Crippen molar-refractivity contribution >= 4 is 46.3 Å². The van der Waals surface area contributed by atoms with Gasteiger partial charge in [-0.15, -0.1) is 10.2 Å². The maximum absolute atomic E-state index is 11.3. The molecule has 3 rings (SSSR count). The summed E-state index contributed by atoms with van der Waals surface area (Å²) in [5, 5.41) is 11.8.